The van der Waals surface area contributed by atoms with Crippen LogP contribution in [0.4, 0.5) is 0 Å². The number of hydrogen-bond donors (Lipinski definition) is 2. The zero-order valence-corrected chi connectivity index (χ0v) is 19.4. The van der Waals surface area contributed by atoms with Gasteiger partial charge >= 0.3 is 0 Å². The largest absolute Gasteiger partial charge is 0.496 e. The lowest BCUT2D eigenvalue weighted by molar-refractivity contribution is 0.0855. The van der Waals surface area contributed by atoms with Crippen LogP contribution < -0.4 is 10.1 Å². The number of aryl methyl sites for hydroxylation is 2. The molecule has 0 radical (unpaired) electrons. The highest BCUT2D eigenvalue weighted by Crippen LogP contribution is 2.46. The first-order valence-corrected chi connectivity index (χ1v) is 12.0. The molecule has 1 saturated carbocycles. The van der Waals surface area contributed by atoms with E-state index < -0.39 is 6.10 Å². The molecular weight excluding hydrogens is 394 g/mol. The van der Waals surface area contributed by atoms with Crippen LogP contribution in [-0.4, -0.2) is 53.1 Å². The number of aliphatic hydroxyl groups excluding tert-OH is 1. The molecule has 1 aromatic rings. The lowest BCUT2D eigenvalue weighted by Gasteiger charge is -2.38. The van der Waals surface area contributed by atoms with Crippen LogP contribution in [0, 0.1) is 19.8 Å². The van der Waals surface area contributed by atoms with Crippen molar-refractivity contribution in [2.24, 2.45) is 5.92 Å². The van der Waals surface area contributed by atoms with E-state index in [-0.39, 0.29) is 5.37 Å². The fourth-order valence-electron chi connectivity index (χ4n) is 4.39. The second-order valence-electron chi connectivity index (χ2n) is 8.56. The Morgan fingerprint density at radius 2 is 2.07 bits per heavy atom. The Labute approximate surface area is 184 Å². The summed E-state index contributed by atoms with van der Waals surface area (Å²) in [6.07, 6.45) is 10.9. The normalized spacial score (nSPS) is 22.3. The summed E-state index contributed by atoms with van der Waals surface area (Å²) < 4.78 is 5.82. The molecule has 2 atom stereocenters. The van der Waals surface area contributed by atoms with Gasteiger partial charge in [0.1, 0.15) is 11.1 Å². The number of nitrogens with zero attached hydrogens (tertiary/aromatic N) is 2. The molecule has 0 saturated heterocycles. The molecular formula is C24H33N3O2S. The van der Waals surface area contributed by atoms with Crippen molar-refractivity contribution in [2.45, 2.75) is 45.1 Å². The van der Waals surface area contributed by atoms with Gasteiger partial charge in [0.05, 0.1) is 30.3 Å². The molecule has 0 bridgehead atoms. The average Bonchev–Trinajstić information content (AvgIpc) is 3.47. The molecule has 1 aliphatic carbocycles. The number of rotatable bonds is 8. The summed E-state index contributed by atoms with van der Waals surface area (Å²) in [6, 6.07) is 4.34. The molecule has 2 N–H and O–H groups in total. The molecule has 2 unspecified atom stereocenters. The minimum atomic E-state index is -0.395. The highest BCUT2D eigenvalue weighted by molar-refractivity contribution is 7.99. The van der Waals surface area contributed by atoms with E-state index >= 15 is 0 Å². The summed E-state index contributed by atoms with van der Waals surface area (Å²) in [5.41, 5.74) is 7.04. The van der Waals surface area contributed by atoms with E-state index in [0.29, 0.717) is 6.54 Å². The number of thioether (sulfide) groups is 1. The summed E-state index contributed by atoms with van der Waals surface area (Å²) >= 11 is 1.84. The predicted molar refractivity (Wildman–Crippen MR) is 125 cm³/mol. The van der Waals surface area contributed by atoms with Crippen LogP contribution >= 0.6 is 11.8 Å². The highest BCUT2D eigenvalue weighted by atomic mass is 32.2. The Bertz CT molecular complexity index is 902. The number of fused-ring (bicyclic) bond motifs is 1. The topological polar surface area (TPSA) is 48.0 Å². The van der Waals surface area contributed by atoms with Crippen molar-refractivity contribution in [3.8, 4) is 5.75 Å². The molecule has 0 amide bonds. The van der Waals surface area contributed by atoms with Gasteiger partial charge in [-0.2, -0.15) is 5.01 Å². The predicted octanol–water partition coefficient (Wildman–Crippen LogP) is 4.04. The summed E-state index contributed by atoms with van der Waals surface area (Å²) in [6.45, 7) is 7.67. The third kappa shape index (κ3) is 4.01. The fraction of sp³-hybridized carbons (Fsp3) is 0.500. The van der Waals surface area contributed by atoms with Crippen LogP contribution in [0.1, 0.15) is 36.5 Å². The zero-order chi connectivity index (χ0) is 21.4. The van der Waals surface area contributed by atoms with Gasteiger partial charge in [-0.3, -0.25) is 5.01 Å². The van der Waals surface area contributed by atoms with Crippen molar-refractivity contribution in [1.29, 1.82) is 0 Å². The van der Waals surface area contributed by atoms with E-state index in [4.69, 9.17) is 4.74 Å². The molecule has 4 rings (SSSR count). The summed E-state index contributed by atoms with van der Waals surface area (Å²) in [4.78, 5) is 0. The molecule has 30 heavy (non-hydrogen) atoms. The van der Waals surface area contributed by atoms with E-state index in [0.717, 1.165) is 35.2 Å². The smallest absolute Gasteiger partial charge is 0.128 e. The maximum absolute atomic E-state index is 9.88. The van der Waals surface area contributed by atoms with E-state index in [1.807, 2.05) is 18.7 Å². The fourth-order valence-corrected chi connectivity index (χ4v) is 5.25. The molecule has 1 fully saturated rings. The first kappa shape index (κ1) is 21.3. The molecule has 0 spiro atoms. The van der Waals surface area contributed by atoms with Gasteiger partial charge in [-0.15, -0.1) is 11.8 Å². The number of hydrogen-bond acceptors (Lipinski definition) is 6. The molecule has 6 heteroatoms. The van der Waals surface area contributed by atoms with Crippen LogP contribution in [-0.2, 0) is 0 Å². The van der Waals surface area contributed by atoms with Crippen LogP contribution in [0.3, 0.4) is 0 Å². The lowest BCUT2D eigenvalue weighted by atomic mass is 9.99. The first-order valence-electron chi connectivity index (χ1n) is 10.7. The highest BCUT2D eigenvalue weighted by Gasteiger charge is 2.43. The van der Waals surface area contributed by atoms with Gasteiger partial charge in [0.25, 0.3) is 0 Å². The van der Waals surface area contributed by atoms with Gasteiger partial charge in [-0.1, -0.05) is 12.1 Å². The minimum absolute atomic E-state index is 0.197. The van der Waals surface area contributed by atoms with Crippen LogP contribution in [0.5, 0.6) is 5.75 Å². The quantitative estimate of drug-likeness (QED) is 0.653. The molecule has 5 nitrogen and oxygen atoms in total. The second-order valence-corrected chi connectivity index (χ2v) is 9.48. The van der Waals surface area contributed by atoms with Crippen LogP contribution in [0.15, 0.2) is 41.8 Å². The number of nitrogens with one attached hydrogen (secondary N) is 1. The van der Waals surface area contributed by atoms with Gasteiger partial charge in [0, 0.05) is 18.7 Å². The number of hydrazine groups is 1. The Balaban J connectivity index is 1.80. The number of benzene rings is 1. The zero-order valence-electron chi connectivity index (χ0n) is 18.6. The number of allylic oxidation sites excluding steroid dienone is 3. The van der Waals surface area contributed by atoms with Crippen molar-refractivity contribution in [1.82, 2.24) is 15.3 Å². The Kier molecular flexibility index (Phi) is 6.19. The maximum Gasteiger partial charge on any atom is 0.128 e. The van der Waals surface area contributed by atoms with Gasteiger partial charge < -0.3 is 15.2 Å². The van der Waals surface area contributed by atoms with Crippen molar-refractivity contribution in [3.63, 3.8) is 0 Å². The summed E-state index contributed by atoms with van der Waals surface area (Å²) in [5, 5.41) is 18.5. The number of aliphatic hydroxyl groups is 1. The lowest BCUT2D eigenvalue weighted by Crippen LogP contribution is -2.43. The van der Waals surface area contributed by atoms with E-state index in [1.54, 1.807) is 7.11 Å². The van der Waals surface area contributed by atoms with Crippen molar-refractivity contribution in [3.05, 3.63) is 58.4 Å². The third-order valence-corrected chi connectivity index (χ3v) is 6.81. The Morgan fingerprint density at radius 1 is 1.30 bits per heavy atom. The Morgan fingerprint density at radius 3 is 2.70 bits per heavy atom. The average molecular weight is 428 g/mol. The monoisotopic (exact) mass is 427 g/mol. The number of methoxy groups -OCH3 is 1. The van der Waals surface area contributed by atoms with E-state index in [9.17, 15) is 5.11 Å². The van der Waals surface area contributed by atoms with Gasteiger partial charge in [-0.25, -0.2) is 0 Å². The van der Waals surface area contributed by atoms with Crippen LogP contribution in [0.25, 0.3) is 5.70 Å². The standard InChI is InChI=1S/C24H33N3O2S/c1-15-11-16(2)22(21(12-15)29-4)19-7-6-8-20-23(25-13-17(3)28)24(30-5)26(27(19)20)14-18-9-10-18/h6-8,11-12,17-18,24-25,28H,9-10,13-14H2,1-5H3. The Hall–Kier alpha value is -1.89. The molecule has 3 aliphatic rings. The third-order valence-electron chi connectivity index (χ3n) is 5.89. The van der Waals surface area contributed by atoms with Crippen LogP contribution in [0.2, 0.25) is 0 Å². The second kappa shape index (κ2) is 8.69. The summed E-state index contributed by atoms with van der Waals surface area (Å²) in [5.74, 6) is 1.66. The van der Waals surface area contributed by atoms with Crippen molar-refractivity contribution >= 4 is 17.5 Å². The summed E-state index contributed by atoms with van der Waals surface area (Å²) in [7, 11) is 1.75. The van der Waals surface area contributed by atoms with Crippen molar-refractivity contribution in [2.75, 3.05) is 26.5 Å². The van der Waals surface area contributed by atoms with E-state index in [1.165, 1.54) is 29.7 Å². The minimum Gasteiger partial charge on any atom is -0.496 e. The van der Waals surface area contributed by atoms with Gasteiger partial charge in [0.2, 0.25) is 0 Å². The van der Waals surface area contributed by atoms with Gasteiger partial charge in [-0.05, 0) is 75.1 Å². The van der Waals surface area contributed by atoms with E-state index in [2.05, 4.69) is 65.8 Å². The molecule has 0 aromatic heterocycles. The molecule has 2 aliphatic heterocycles. The molecule has 162 valence electrons. The number of ether oxygens (including phenoxy) is 1. The van der Waals surface area contributed by atoms with Gasteiger partial charge in [0.15, 0.2) is 0 Å². The molecule has 1 aromatic carbocycles. The SMILES string of the molecule is COc1cc(C)cc(C)c1C1=CC=CC2=C(NCC(C)O)C(SC)N(CC3CC3)N12. The van der Waals surface area contributed by atoms with Crippen molar-refractivity contribution < 1.29 is 9.84 Å². The first-order chi connectivity index (χ1) is 14.4. The molecule has 2 heterocycles. The maximum atomic E-state index is 9.88.